The van der Waals surface area contributed by atoms with Gasteiger partial charge in [0.25, 0.3) is 0 Å². The van der Waals surface area contributed by atoms with Crippen molar-refractivity contribution in [2.45, 2.75) is 33.4 Å². The lowest BCUT2D eigenvalue weighted by Gasteiger charge is -2.08. The zero-order valence-electron chi connectivity index (χ0n) is 11.5. The predicted molar refractivity (Wildman–Crippen MR) is 90.7 cm³/mol. The van der Waals surface area contributed by atoms with E-state index in [1.807, 2.05) is 13.8 Å². The van der Waals surface area contributed by atoms with Crippen LogP contribution in [0.25, 0.3) is 0 Å². The molecule has 4 nitrogen and oxygen atoms in total. The standard InChI is InChI=1S/C14H10O4S4/c1-5(2)13-19-9-7(17)11-12(8(18)10(9)20-13)22-14(21-11)6(3-15)4-16/h3-4,17-18H,1-2H3. The van der Waals surface area contributed by atoms with Crippen LogP contribution in [0.1, 0.15) is 13.8 Å². The monoisotopic (exact) mass is 370 g/mol. The van der Waals surface area contributed by atoms with Crippen LogP contribution in [0.3, 0.4) is 0 Å². The fraction of sp³-hybridized carbons (Fsp3) is 0.143. The van der Waals surface area contributed by atoms with E-state index in [2.05, 4.69) is 0 Å². The van der Waals surface area contributed by atoms with Crippen molar-refractivity contribution < 1.29 is 19.8 Å². The smallest absolute Gasteiger partial charge is 0.155 e. The Hall–Kier alpha value is -0.960. The summed E-state index contributed by atoms with van der Waals surface area (Å²) in [5, 5.41) is 21.0. The van der Waals surface area contributed by atoms with E-state index in [-0.39, 0.29) is 17.1 Å². The molecule has 2 aliphatic heterocycles. The number of carbonyl (C=O) groups excluding carboxylic acids is 2. The molecule has 3 rings (SSSR count). The number of phenols is 2. The number of carbonyl (C=O) groups is 2. The fourth-order valence-electron chi connectivity index (χ4n) is 1.87. The lowest BCUT2D eigenvalue weighted by molar-refractivity contribution is -0.109. The Labute approximate surface area is 143 Å². The van der Waals surface area contributed by atoms with Crippen molar-refractivity contribution in [3.63, 3.8) is 0 Å². The highest BCUT2D eigenvalue weighted by atomic mass is 32.2. The van der Waals surface area contributed by atoms with Crippen LogP contribution in [0.15, 0.2) is 39.2 Å². The molecule has 0 unspecified atom stereocenters. The van der Waals surface area contributed by atoms with Gasteiger partial charge in [-0.05, 0) is 13.8 Å². The van der Waals surface area contributed by atoms with Crippen molar-refractivity contribution in [1.29, 1.82) is 0 Å². The summed E-state index contributed by atoms with van der Waals surface area (Å²) in [5.74, 6) is 0.195. The Kier molecular flexibility index (Phi) is 4.28. The molecule has 114 valence electrons. The molecule has 2 heterocycles. The molecule has 0 radical (unpaired) electrons. The Morgan fingerprint density at radius 3 is 1.45 bits per heavy atom. The van der Waals surface area contributed by atoms with E-state index in [9.17, 15) is 19.8 Å². The molecule has 0 fully saturated rings. The summed E-state index contributed by atoms with van der Waals surface area (Å²) in [5.41, 5.74) is 1.14. The largest absolute Gasteiger partial charge is 0.505 e. The molecule has 0 spiro atoms. The van der Waals surface area contributed by atoms with Crippen LogP contribution >= 0.6 is 47.0 Å². The maximum atomic E-state index is 10.9. The first-order valence-electron chi connectivity index (χ1n) is 6.13. The second-order valence-electron chi connectivity index (χ2n) is 4.69. The normalized spacial score (nSPS) is 15.5. The second-order valence-corrected chi connectivity index (χ2v) is 9.29. The Balaban J connectivity index is 2.15. The van der Waals surface area contributed by atoms with Crippen molar-refractivity contribution in [2.24, 2.45) is 0 Å². The highest BCUT2D eigenvalue weighted by Crippen LogP contribution is 2.67. The molecule has 2 aliphatic rings. The average molecular weight is 370 g/mol. The maximum Gasteiger partial charge on any atom is 0.155 e. The van der Waals surface area contributed by atoms with Crippen LogP contribution in [0.5, 0.6) is 11.5 Å². The number of hydrogen-bond donors (Lipinski definition) is 2. The minimum Gasteiger partial charge on any atom is -0.505 e. The van der Waals surface area contributed by atoms with Crippen molar-refractivity contribution in [2.75, 3.05) is 0 Å². The summed E-state index contributed by atoms with van der Waals surface area (Å²) in [7, 11) is 0. The Morgan fingerprint density at radius 1 is 0.773 bits per heavy atom. The first-order valence-corrected chi connectivity index (χ1v) is 9.39. The number of hydrogen-bond acceptors (Lipinski definition) is 8. The van der Waals surface area contributed by atoms with E-state index < -0.39 is 0 Å². The SMILES string of the molecule is CC(C)=C1Sc2c(O)c3c(c(O)c2S1)SC(=C(C=O)C=O)S3. The lowest BCUT2D eigenvalue weighted by atomic mass is 10.3. The average Bonchev–Trinajstić information content (AvgIpc) is 3.11. The zero-order chi connectivity index (χ0) is 16.0. The van der Waals surface area contributed by atoms with Gasteiger partial charge in [0, 0.05) is 4.24 Å². The van der Waals surface area contributed by atoms with Crippen LogP contribution in [-0.2, 0) is 9.59 Å². The van der Waals surface area contributed by atoms with Crippen LogP contribution in [0.2, 0.25) is 0 Å². The van der Waals surface area contributed by atoms with Crippen LogP contribution in [0, 0.1) is 0 Å². The van der Waals surface area contributed by atoms with Crippen LogP contribution in [0.4, 0.5) is 0 Å². The van der Waals surface area contributed by atoms with E-state index in [0.29, 0.717) is 36.4 Å². The third-order valence-corrected chi connectivity index (χ3v) is 8.64. The first-order chi connectivity index (χ1) is 10.5. The van der Waals surface area contributed by atoms with Gasteiger partial charge in [-0.3, -0.25) is 9.59 Å². The molecule has 0 aliphatic carbocycles. The lowest BCUT2D eigenvalue weighted by Crippen LogP contribution is -1.86. The fourth-order valence-corrected chi connectivity index (χ4v) is 6.97. The number of aldehydes is 2. The Morgan fingerprint density at radius 2 is 1.14 bits per heavy atom. The summed E-state index contributed by atoms with van der Waals surface area (Å²) < 4.78 is 1.52. The van der Waals surface area contributed by atoms with Crippen LogP contribution < -0.4 is 0 Å². The molecule has 0 saturated heterocycles. The van der Waals surface area contributed by atoms with Crippen molar-refractivity contribution >= 4 is 59.6 Å². The molecular weight excluding hydrogens is 360 g/mol. The number of thioether (sulfide) groups is 4. The maximum absolute atomic E-state index is 10.9. The van der Waals surface area contributed by atoms with Gasteiger partial charge in [-0.1, -0.05) is 52.6 Å². The van der Waals surface area contributed by atoms with Gasteiger partial charge >= 0.3 is 0 Å². The molecule has 0 amide bonds. The minimum absolute atomic E-state index is 0.0236. The second kappa shape index (κ2) is 5.92. The summed E-state index contributed by atoms with van der Waals surface area (Å²) in [6.07, 6.45) is 0.974. The summed E-state index contributed by atoms with van der Waals surface area (Å²) in [4.78, 5) is 24.1. The van der Waals surface area contributed by atoms with Gasteiger partial charge in [0.1, 0.15) is 11.5 Å². The van der Waals surface area contributed by atoms with Crippen LogP contribution in [-0.4, -0.2) is 22.8 Å². The minimum atomic E-state index is 0.0236. The van der Waals surface area contributed by atoms with E-state index in [1.54, 1.807) is 0 Å². The third kappa shape index (κ3) is 2.38. The predicted octanol–water partition coefficient (Wildman–Crippen LogP) is 4.35. The van der Waals surface area contributed by atoms with Gasteiger partial charge < -0.3 is 10.2 Å². The number of aromatic hydroxyl groups is 2. The number of allylic oxidation sites excluding steroid dienone is 2. The molecule has 2 N–H and O–H groups in total. The van der Waals surface area contributed by atoms with Gasteiger partial charge in [0.05, 0.1) is 29.4 Å². The first kappa shape index (κ1) is 15.9. The topological polar surface area (TPSA) is 74.6 Å². The van der Waals surface area contributed by atoms with Crippen molar-refractivity contribution in [1.82, 2.24) is 0 Å². The summed E-state index contributed by atoms with van der Waals surface area (Å²) >= 11 is 5.14. The van der Waals surface area contributed by atoms with Gasteiger partial charge in [-0.15, -0.1) is 0 Å². The highest BCUT2D eigenvalue weighted by Gasteiger charge is 2.35. The third-order valence-electron chi connectivity index (χ3n) is 2.95. The van der Waals surface area contributed by atoms with Crippen molar-refractivity contribution in [3.05, 3.63) is 19.6 Å². The summed E-state index contributed by atoms with van der Waals surface area (Å²) in [6, 6.07) is 0. The number of phenolic OH excluding ortho intramolecular Hbond substituents is 2. The zero-order valence-corrected chi connectivity index (χ0v) is 14.8. The van der Waals surface area contributed by atoms with E-state index >= 15 is 0 Å². The molecular formula is C14H10O4S4. The quantitative estimate of drug-likeness (QED) is 0.262. The molecule has 0 atom stereocenters. The molecule has 0 saturated carbocycles. The number of fused-ring (bicyclic) bond motifs is 2. The van der Waals surface area contributed by atoms with Gasteiger partial charge in [0.15, 0.2) is 12.6 Å². The molecule has 1 aromatic rings. The molecule has 0 aromatic heterocycles. The highest BCUT2D eigenvalue weighted by molar-refractivity contribution is 8.26. The molecule has 22 heavy (non-hydrogen) atoms. The number of benzene rings is 1. The van der Waals surface area contributed by atoms with E-state index in [1.165, 1.54) is 23.5 Å². The molecule has 1 aromatic carbocycles. The van der Waals surface area contributed by atoms with E-state index in [0.717, 1.165) is 33.3 Å². The van der Waals surface area contributed by atoms with Gasteiger partial charge in [0.2, 0.25) is 0 Å². The van der Waals surface area contributed by atoms with Gasteiger partial charge in [-0.2, -0.15) is 0 Å². The number of rotatable bonds is 2. The Bertz CT molecular complexity index is 721. The van der Waals surface area contributed by atoms with Crippen molar-refractivity contribution in [3.8, 4) is 11.5 Å². The summed E-state index contributed by atoms with van der Waals surface area (Å²) in [6.45, 7) is 3.96. The van der Waals surface area contributed by atoms with Gasteiger partial charge in [-0.25, -0.2) is 0 Å². The van der Waals surface area contributed by atoms with E-state index in [4.69, 9.17) is 0 Å². The molecule has 0 bridgehead atoms. The molecule has 8 heteroatoms.